The lowest BCUT2D eigenvalue weighted by molar-refractivity contribution is -0.133. The van der Waals surface area contributed by atoms with Crippen molar-refractivity contribution in [3.05, 3.63) is 12.2 Å². The van der Waals surface area contributed by atoms with E-state index in [9.17, 15) is 4.79 Å². The number of rotatable bonds is 10. The smallest absolute Gasteiger partial charge is 0.230 e. The van der Waals surface area contributed by atoms with E-state index in [0.717, 1.165) is 5.75 Å². The van der Waals surface area contributed by atoms with Gasteiger partial charge in [0.2, 0.25) is 5.91 Å². The van der Waals surface area contributed by atoms with Gasteiger partial charge in [-0.15, -0.1) is 0 Å². The van der Waals surface area contributed by atoms with Gasteiger partial charge in [0.25, 0.3) is 0 Å². The third kappa shape index (κ3) is 8.28. The van der Waals surface area contributed by atoms with E-state index in [1.54, 1.807) is 11.8 Å². The highest BCUT2D eigenvalue weighted by Gasteiger charge is 2.47. The van der Waals surface area contributed by atoms with E-state index in [1.165, 1.54) is 0 Å². The summed E-state index contributed by atoms with van der Waals surface area (Å²) in [6.45, 7) is 28.7. The van der Waals surface area contributed by atoms with Crippen molar-refractivity contribution < 1.29 is 13.6 Å². The Kier molecular flexibility index (Phi) is 10.7. The summed E-state index contributed by atoms with van der Waals surface area (Å²) in [5, 5.41) is 0.0946. The number of thioether (sulfide) groups is 1. The first-order valence-corrected chi connectivity index (χ1v) is 19.9. The van der Waals surface area contributed by atoms with Gasteiger partial charge in [-0.2, -0.15) is 0 Å². The highest BCUT2D eigenvalue weighted by Crippen LogP contribution is 2.43. The summed E-state index contributed by atoms with van der Waals surface area (Å²) < 4.78 is 14.4. The van der Waals surface area contributed by atoms with Crippen molar-refractivity contribution in [1.29, 1.82) is 0 Å². The molecule has 3 atom stereocenters. The Labute approximate surface area is 215 Å². The molecule has 33 heavy (non-hydrogen) atoms. The monoisotopic (exact) mass is 531 g/mol. The molecule has 8 heteroatoms. The topological polar surface area (TPSA) is 38.8 Å². The summed E-state index contributed by atoms with van der Waals surface area (Å²) in [5.74, 6) is 1.32. The quantitative estimate of drug-likeness (QED) is 0.166. The molecule has 1 rings (SSSR count). The molecule has 0 N–H and O–H groups in total. The van der Waals surface area contributed by atoms with Crippen LogP contribution in [-0.2, 0) is 13.6 Å². The molecule has 0 aromatic heterocycles. The van der Waals surface area contributed by atoms with Crippen molar-refractivity contribution in [2.24, 2.45) is 11.3 Å². The Balaban J connectivity index is 3.34. The van der Waals surface area contributed by atoms with Gasteiger partial charge >= 0.3 is 0 Å². The fraction of sp³-hybridized carbons (Fsp3) is 0.840. The highest BCUT2D eigenvalue weighted by atomic mass is 32.2. The third-order valence-electron chi connectivity index (χ3n) is 6.96. The minimum atomic E-state index is -2.04. The minimum Gasteiger partial charge on any atom is -0.414 e. The van der Waals surface area contributed by atoms with Crippen LogP contribution in [0.25, 0.3) is 0 Å². The number of thiocarbonyl (C=S) groups is 1. The number of allylic oxidation sites excluding steroid dienone is 1. The fourth-order valence-corrected chi connectivity index (χ4v) is 7.92. The zero-order valence-electron chi connectivity index (χ0n) is 23.4. The third-order valence-corrected chi connectivity index (χ3v) is 13.9. The van der Waals surface area contributed by atoms with Gasteiger partial charge in [-0.3, -0.25) is 9.69 Å². The van der Waals surface area contributed by atoms with Gasteiger partial charge in [0, 0.05) is 17.2 Å². The van der Waals surface area contributed by atoms with Crippen LogP contribution in [0.3, 0.4) is 0 Å². The van der Waals surface area contributed by atoms with E-state index in [0.29, 0.717) is 16.7 Å². The Bertz CT molecular complexity index is 724. The van der Waals surface area contributed by atoms with Crippen molar-refractivity contribution in [3.8, 4) is 0 Å². The average molecular weight is 532 g/mol. The Morgan fingerprint density at radius 3 is 2.12 bits per heavy atom. The average Bonchev–Trinajstić information content (AvgIpc) is 3.00. The van der Waals surface area contributed by atoms with Crippen LogP contribution in [0.2, 0.25) is 37.8 Å². The number of carbonyl (C=O) groups excluding carboxylic acids is 1. The summed E-state index contributed by atoms with van der Waals surface area (Å²) in [6.07, 6.45) is 4.13. The maximum Gasteiger partial charge on any atom is 0.230 e. The maximum absolute atomic E-state index is 13.6. The van der Waals surface area contributed by atoms with Crippen LogP contribution < -0.4 is 0 Å². The summed E-state index contributed by atoms with van der Waals surface area (Å²) >= 11 is 7.20. The molecule has 0 radical (unpaired) electrons. The lowest BCUT2D eigenvalue weighted by Crippen LogP contribution is -2.54. The minimum absolute atomic E-state index is 0.0755. The second kappa shape index (κ2) is 11.4. The van der Waals surface area contributed by atoms with Gasteiger partial charge in [-0.25, -0.2) is 0 Å². The largest absolute Gasteiger partial charge is 0.414 e. The van der Waals surface area contributed by atoms with Crippen LogP contribution in [0.4, 0.5) is 0 Å². The standard InChI is InChI=1S/C25H49NO3S2Si2/c1-14-15-20(29-33(12,13)24(4,5)6)25(7,8)21(28-32(9,10)11)16-22(27)26-19(18(2)3)17-31-23(26)30/h14-15,18-21H,16-17H2,1-13H3/b15-14+/t19?,20-,21-/m0/s1. The molecule has 0 aromatic rings. The molecule has 0 aromatic carbocycles. The molecule has 1 aliphatic heterocycles. The molecule has 1 unspecified atom stereocenters. The maximum atomic E-state index is 13.6. The molecule has 0 spiro atoms. The summed E-state index contributed by atoms with van der Waals surface area (Å²) in [4.78, 5) is 15.5. The van der Waals surface area contributed by atoms with Crippen LogP contribution in [0.1, 0.15) is 61.8 Å². The molecule has 192 valence electrons. The van der Waals surface area contributed by atoms with Crippen molar-refractivity contribution >= 4 is 50.8 Å². The van der Waals surface area contributed by atoms with Crippen molar-refractivity contribution in [2.45, 2.75) is 118 Å². The van der Waals surface area contributed by atoms with Crippen LogP contribution in [0, 0.1) is 11.3 Å². The molecule has 1 aliphatic rings. The first-order chi connectivity index (χ1) is 14.7. The molecule has 0 saturated carbocycles. The van der Waals surface area contributed by atoms with Gasteiger partial charge in [0.15, 0.2) is 16.6 Å². The number of nitrogens with zero attached hydrogens (tertiary/aromatic N) is 1. The van der Waals surface area contributed by atoms with Gasteiger partial charge in [0.1, 0.15) is 4.32 Å². The molecule has 1 saturated heterocycles. The SMILES string of the molecule is C/C=C/[C@H](O[Si](C)(C)C(C)(C)C)C(C)(C)[C@H](CC(=O)N1C(=S)SCC1C(C)C)O[Si](C)(C)C. The first kappa shape index (κ1) is 31.0. The van der Waals surface area contributed by atoms with Gasteiger partial charge in [-0.05, 0) is 50.6 Å². The number of amides is 1. The summed E-state index contributed by atoms with van der Waals surface area (Å²) in [6, 6.07) is 0.153. The highest BCUT2D eigenvalue weighted by molar-refractivity contribution is 8.23. The zero-order valence-corrected chi connectivity index (χ0v) is 27.0. The Morgan fingerprint density at radius 2 is 1.70 bits per heavy atom. The molecule has 1 heterocycles. The second-order valence-corrected chi connectivity index (χ2v) is 23.6. The van der Waals surface area contributed by atoms with Gasteiger partial charge in [-0.1, -0.05) is 84.6 Å². The van der Waals surface area contributed by atoms with Gasteiger partial charge < -0.3 is 8.85 Å². The number of hydrogen-bond donors (Lipinski definition) is 0. The lowest BCUT2D eigenvalue weighted by atomic mass is 9.79. The van der Waals surface area contributed by atoms with E-state index < -0.39 is 16.6 Å². The normalized spacial score (nSPS) is 20.7. The molecule has 0 bridgehead atoms. The predicted octanol–water partition coefficient (Wildman–Crippen LogP) is 7.47. The molecule has 1 amide bonds. The second-order valence-electron chi connectivity index (χ2n) is 12.7. The van der Waals surface area contributed by atoms with E-state index in [1.807, 2.05) is 11.8 Å². The van der Waals surface area contributed by atoms with E-state index in [4.69, 9.17) is 21.1 Å². The van der Waals surface area contributed by atoms with Crippen LogP contribution in [-0.4, -0.2) is 55.8 Å². The number of carbonyl (C=O) groups is 1. The van der Waals surface area contributed by atoms with Crippen LogP contribution >= 0.6 is 24.0 Å². The fourth-order valence-electron chi connectivity index (χ4n) is 3.65. The van der Waals surface area contributed by atoms with Crippen molar-refractivity contribution in [1.82, 2.24) is 4.90 Å². The van der Waals surface area contributed by atoms with Crippen molar-refractivity contribution in [3.63, 3.8) is 0 Å². The molecular formula is C25H49NO3S2Si2. The Hall–Kier alpha value is 0.00377. The van der Waals surface area contributed by atoms with E-state index >= 15 is 0 Å². The van der Waals surface area contributed by atoms with Crippen LogP contribution in [0.15, 0.2) is 12.2 Å². The first-order valence-electron chi connectivity index (χ1n) is 12.2. The zero-order chi connectivity index (χ0) is 26.0. The number of hydrogen-bond acceptors (Lipinski definition) is 5. The molecule has 0 aliphatic carbocycles. The van der Waals surface area contributed by atoms with Gasteiger partial charge in [0.05, 0.1) is 18.6 Å². The summed E-state index contributed by atoms with van der Waals surface area (Å²) in [5.41, 5.74) is -0.389. The van der Waals surface area contributed by atoms with E-state index in [2.05, 4.69) is 93.4 Å². The molecular weight excluding hydrogens is 483 g/mol. The molecule has 4 nitrogen and oxygen atoms in total. The lowest BCUT2D eigenvalue weighted by Gasteiger charge is -2.47. The molecule has 1 fully saturated rings. The summed E-state index contributed by atoms with van der Waals surface area (Å²) in [7, 11) is -3.97. The predicted molar refractivity (Wildman–Crippen MR) is 154 cm³/mol. The Morgan fingerprint density at radius 1 is 1.15 bits per heavy atom. The van der Waals surface area contributed by atoms with E-state index in [-0.39, 0.29) is 34.6 Å². The van der Waals surface area contributed by atoms with Crippen LogP contribution in [0.5, 0.6) is 0 Å². The van der Waals surface area contributed by atoms with Crippen molar-refractivity contribution in [2.75, 3.05) is 5.75 Å².